The average molecular weight is 425 g/mol. The Hall–Kier alpha value is -0.820. The maximum atomic E-state index is 10.8. The number of hydrogen-bond acceptors (Lipinski definition) is 1. The van der Waals surface area contributed by atoms with Crippen LogP contribution >= 0.6 is 0 Å². The molecule has 31 heavy (non-hydrogen) atoms. The lowest BCUT2D eigenvalue weighted by atomic mass is 9.46. The van der Waals surface area contributed by atoms with Crippen molar-refractivity contribution in [3.05, 3.63) is 34.9 Å². The van der Waals surface area contributed by atoms with Crippen molar-refractivity contribution in [2.75, 3.05) is 0 Å². The number of aliphatic hydroxyl groups excluding tert-OH is 1. The molecule has 0 saturated heterocycles. The van der Waals surface area contributed by atoms with Gasteiger partial charge in [-0.15, -0.1) is 0 Å². The van der Waals surface area contributed by atoms with Crippen LogP contribution in [0.2, 0.25) is 0 Å². The molecule has 0 aliphatic heterocycles. The SMILES string of the molecule is CC(C)[C@@H](C)C=C[C@@H](C)[C@H]1CC=C2C3=C(CC[C@@]21C)[C@@]1(C)CC[C@H](O)C(C)(C)C1CC3. The summed E-state index contributed by atoms with van der Waals surface area (Å²) >= 11 is 0. The minimum Gasteiger partial charge on any atom is -0.393 e. The fourth-order valence-electron chi connectivity index (χ4n) is 8.22. The van der Waals surface area contributed by atoms with Gasteiger partial charge < -0.3 is 5.11 Å². The van der Waals surface area contributed by atoms with Crippen molar-refractivity contribution < 1.29 is 5.11 Å². The summed E-state index contributed by atoms with van der Waals surface area (Å²) in [5, 5.41) is 10.8. The van der Waals surface area contributed by atoms with Gasteiger partial charge in [0.1, 0.15) is 0 Å². The smallest absolute Gasteiger partial charge is 0.0594 e. The molecule has 0 aromatic heterocycles. The molecule has 1 nitrogen and oxygen atoms in total. The third kappa shape index (κ3) is 3.53. The maximum absolute atomic E-state index is 10.8. The number of fused-ring (bicyclic) bond motifs is 4. The van der Waals surface area contributed by atoms with Gasteiger partial charge in [-0.05, 0) is 102 Å². The lowest BCUT2D eigenvalue weighted by Crippen LogP contribution is -2.53. The first-order valence-corrected chi connectivity index (χ1v) is 13.2. The molecule has 4 rings (SSSR count). The summed E-state index contributed by atoms with van der Waals surface area (Å²) in [6.45, 7) is 19.3. The van der Waals surface area contributed by atoms with Crippen LogP contribution in [0.15, 0.2) is 34.9 Å². The van der Waals surface area contributed by atoms with E-state index >= 15 is 0 Å². The molecule has 174 valence electrons. The van der Waals surface area contributed by atoms with Crippen LogP contribution < -0.4 is 0 Å². The summed E-state index contributed by atoms with van der Waals surface area (Å²) < 4.78 is 0. The van der Waals surface area contributed by atoms with Crippen molar-refractivity contribution in [1.82, 2.24) is 0 Å². The molecule has 0 bridgehead atoms. The van der Waals surface area contributed by atoms with E-state index in [0.29, 0.717) is 29.1 Å². The highest BCUT2D eigenvalue weighted by atomic mass is 16.3. The fraction of sp³-hybridized carbons (Fsp3) is 0.800. The molecule has 1 heteroatoms. The summed E-state index contributed by atoms with van der Waals surface area (Å²) in [6.07, 6.45) is 16.0. The summed E-state index contributed by atoms with van der Waals surface area (Å²) in [7, 11) is 0. The number of rotatable bonds is 4. The Morgan fingerprint density at radius 3 is 2.32 bits per heavy atom. The van der Waals surface area contributed by atoms with E-state index in [0.717, 1.165) is 12.3 Å². The molecule has 0 spiro atoms. The highest BCUT2D eigenvalue weighted by Gasteiger charge is 2.57. The Morgan fingerprint density at radius 1 is 0.935 bits per heavy atom. The van der Waals surface area contributed by atoms with Crippen molar-refractivity contribution in [1.29, 1.82) is 0 Å². The first-order valence-electron chi connectivity index (χ1n) is 13.2. The predicted octanol–water partition coefficient (Wildman–Crippen LogP) is 8.11. The van der Waals surface area contributed by atoms with Gasteiger partial charge in [-0.1, -0.05) is 79.2 Å². The molecule has 0 radical (unpaired) electrons. The van der Waals surface area contributed by atoms with E-state index in [1.807, 2.05) is 0 Å². The number of hydrogen-bond donors (Lipinski definition) is 1. The lowest BCUT2D eigenvalue weighted by Gasteiger charge is -2.59. The van der Waals surface area contributed by atoms with E-state index in [2.05, 4.69) is 73.6 Å². The summed E-state index contributed by atoms with van der Waals surface area (Å²) in [5.41, 5.74) is 5.91. The van der Waals surface area contributed by atoms with Crippen molar-refractivity contribution in [3.8, 4) is 0 Å². The molecule has 0 amide bonds. The maximum Gasteiger partial charge on any atom is 0.0594 e. The molecule has 1 fully saturated rings. The molecule has 1 N–H and O–H groups in total. The van der Waals surface area contributed by atoms with Gasteiger partial charge in [0, 0.05) is 0 Å². The highest BCUT2D eigenvalue weighted by molar-refractivity contribution is 5.50. The summed E-state index contributed by atoms with van der Waals surface area (Å²) in [5.74, 6) is 3.36. The summed E-state index contributed by atoms with van der Waals surface area (Å²) in [6, 6.07) is 0. The van der Waals surface area contributed by atoms with Crippen LogP contribution in [0.1, 0.15) is 100 Å². The van der Waals surface area contributed by atoms with Crippen molar-refractivity contribution in [2.45, 2.75) is 106 Å². The second kappa shape index (κ2) is 7.89. The van der Waals surface area contributed by atoms with Gasteiger partial charge in [-0.3, -0.25) is 0 Å². The van der Waals surface area contributed by atoms with E-state index in [1.165, 1.54) is 38.5 Å². The standard InChI is InChI=1S/C30H48O/c1-19(2)20(3)9-10-21(4)23-12-13-24-22-11-14-26-28(5,6)27(31)16-18-30(26,8)25(22)15-17-29(23,24)7/h9-10,13,19-21,23,26-27,31H,11-12,14-18H2,1-8H3/t20-,21+,23+,26?,27-,29+,30+/m0/s1. The van der Waals surface area contributed by atoms with Gasteiger partial charge in [-0.25, -0.2) is 0 Å². The van der Waals surface area contributed by atoms with Crippen LogP contribution in [-0.2, 0) is 0 Å². The fourth-order valence-corrected chi connectivity index (χ4v) is 8.22. The number of allylic oxidation sites excluding steroid dienone is 6. The zero-order valence-electron chi connectivity index (χ0n) is 21.6. The molecular weight excluding hydrogens is 376 g/mol. The van der Waals surface area contributed by atoms with E-state index in [4.69, 9.17) is 0 Å². The third-order valence-electron chi connectivity index (χ3n) is 10.8. The van der Waals surface area contributed by atoms with Crippen molar-refractivity contribution in [2.24, 2.45) is 45.8 Å². The zero-order valence-corrected chi connectivity index (χ0v) is 21.6. The first kappa shape index (κ1) is 23.3. The Kier molecular flexibility index (Phi) is 5.94. The third-order valence-corrected chi connectivity index (χ3v) is 10.8. The first-order chi connectivity index (χ1) is 14.4. The van der Waals surface area contributed by atoms with Crippen LogP contribution in [0, 0.1) is 45.8 Å². The largest absolute Gasteiger partial charge is 0.393 e. The minimum atomic E-state index is -0.141. The van der Waals surface area contributed by atoms with Crippen LogP contribution in [-0.4, -0.2) is 11.2 Å². The molecular formula is C30H48O. The van der Waals surface area contributed by atoms with E-state index in [9.17, 15) is 5.11 Å². The lowest BCUT2D eigenvalue weighted by molar-refractivity contribution is -0.0904. The molecule has 1 unspecified atom stereocenters. The molecule has 1 saturated carbocycles. The van der Waals surface area contributed by atoms with Crippen LogP contribution in [0.4, 0.5) is 0 Å². The van der Waals surface area contributed by atoms with Gasteiger partial charge in [0.2, 0.25) is 0 Å². The van der Waals surface area contributed by atoms with E-state index in [-0.39, 0.29) is 16.9 Å². The van der Waals surface area contributed by atoms with Crippen molar-refractivity contribution >= 4 is 0 Å². The average Bonchev–Trinajstić information content (AvgIpc) is 3.06. The van der Waals surface area contributed by atoms with Crippen LogP contribution in [0.3, 0.4) is 0 Å². The molecule has 0 aromatic rings. The Bertz CT molecular complexity index is 795. The number of aliphatic hydroxyl groups is 1. The van der Waals surface area contributed by atoms with Crippen LogP contribution in [0.5, 0.6) is 0 Å². The van der Waals surface area contributed by atoms with Gasteiger partial charge in [0.05, 0.1) is 6.10 Å². The van der Waals surface area contributed by atoms with Gasteiger partial charge >= 0.3 is 0 Å². The summed E-state index contributed by atoms with van der Waals surface area (Å²) in [4.78, 5) is 0. The predicted molar refractivity (Wildman–Crippen MR) is 133 cm³/mol. The molecule has 4 aliphatic carbocycles. The Morgan fingerprint density at radius 2 is 1.65 bits per heavy atom. The van der Waals surface area contributed by atoms with Gasteiger partial charge in [0.15, 0.2) is 0 Å². The second-order valence-electron chi connectivity index (χ2n) is 13.1. The van der Waals surface area contributed by atoms with E-state index in [1.54, 1.807) is 16.7 Å². The van der Waals surface area contributed by atoms with Crippen molar-refractivity contribution in [3.63, 3.8) is 0 Å². The molecule has 4 aliphatic rings. The monoisotopic (exact) mass is 424 g/mol. The topological polar surface area (TPSA) is 20.2 Å². The normalized spacial score (nSPS) is 41.6. The second-order valence-corrected chi connectivity index (χ2v) is 13.1. The molecule has 7 atom stereocenters. The molecule has 0 heterocycles. The highest BCUT2D eigenvalue weighted by Crippen LogP contribution is 2.66. The Labute approximate surface area is 192 Å². The zero-order chi connectivity index (χ0) is 22.8. The van der Waals surface area contributed by atoms with E-state index < -0.39 is 0 Å². The Balaban J connectivity index is 1.61. The van der Waals surface area contributed by atoms with Gasteiger partial charge in [-0.2, -0.15) is 0 Å². The molecule has 0 aromatic carbocycles. The van der Waals surface area contributed by atoms with Crippen LogP contribution in [0.25, 0.3) is 0 Å². The van der Waals surface area contributed by atoms with Gasteiger partial charge in [0.25, 0.3) is 0 Å². The quantitative estimate of drug-likeness (QED) is 0.452. The minimum absolute atomic E-state index is 0.0330.